The molecule has 0 fully saturated rings. The molecule has 0 N–H and O–H groups in total. The smallest absolute Gasteiger partial charge is 0.307 e. The van der Waals surface area contributed by atoms with Gasteiger partial charge in [-0.3, -0.25) is 9.10 Å². The van der Waals surface area contributed by atoms with Gasteiger partial charge in [0.05, 0.1) is 32.4 Å². The van der Waals surface area contributed by atoms with E-state index in [2.05, 4.69) is 0 Å². The minimum atomic E-state index is -1.51. The number of benzene rings is 2. The Balaban J connectivity index is 2.16. The van der Waals surface area contributed by atoms with Crippen LogP contribution in [-0.2, 0) is 20.5 Å². The fourth-order valence-corrected chi connectivity index (χ4v) is 4.66. The molecule has 0 radical (unpaired) electrons. The highest BCUT2D eigenvalue weighted by Gasteiger charge is 2.40. The number of hydrogen-bond donors (Lipinski definition) is 0. The highest BCUT2D eigenvalue weighted by atomic mass is 35.5. The Morgan fingerprint density at radius 1 is 1.25 bits per heavy atom. The second-order valence-corrected chi connectivity index (χ2v) is 6.97. The zero-order valence-corrected chi connectivity index (χ0v) is 14.8. The Morgan fingerprint density at radius 3 is 2.58 bits per heavy atom. The number of carbonyl (C=O) groups excluding carboxylic acids is 1. The molecule has 0 spiro atoms. The lowest BCUT2D eigenvalue weighted by molar-refractivity contribution is -0.141. The first-order chi connectivity index (χ1) is 11.6. The summed E-state index contributed by atoms with van der Waals surface area (Å²) in [6, 6.07) is 12.2. The topological polar surface area (TPSA) is 55.8 Å². The van der Waals surface area contributed by atoms with Crippen molar-refractivity contribution in [3.8, 4) is 5.75 Å². The van der Waals surface area contributed by atoms with Crippen LogP contribution in [-0.4, -0.2) is 24.4 Å². The summed E-state index contributed by atoms with van der Waals surface area (Å²) in [5.74, 6) is 0.0638. The quantitative estimate of drug-likeness (QED) is 0.778. The van der Waals surface area contributed by atoms with Crippen molar-refractivity contribution < 1.29 is 18.5 Å². The Labute approximate surface area is 147 Å². The predicted molar refractivity (Wildman–Crippen MR) is 92.7 cm³/mol. The number of ether oxygens (including phenoxy) is 2. The molecule has 2 aromatic rings. The maximum absolute atomic E-state index is 13.1. The molecule has 0 amide bonds. The van der Waals surface area contributed by atoms with Crippen LogP contribution in [0.4, 0.5) is 5.69 Å². The molecular weight excluding hydrogens is 350 g/mol. The van der Waals surface area contributed by atoms with Crippen LogP contribution in [0.25, 0.3) is 0 Å². The molecule has 0 aromatic heterocycles. The van der Waals surface area contributed by atoms with Crippen molar-refractivity contribution in [2.75, 3.05) is 18.5 Å². The monoisotopic (exact) mass is 365 g/mol. The first-order valence-electron chi connectivity index (χ1n) is 7.27. The van der Waals surface area contributed by atoms with Gasteiger partial charge >= 0.3 is 5.97 Å². The molecule has 126 valence electrons. The van der Waals surface area contributed by atoms with Crippen LogP contribution in [0.2, 0.25) is 5.02 Å². The van der Waals surface area contributed by atoms with Gasteiger partial charge in [-0.05, 0) is 23.8 Å². The first-order valence-corrected chi connectivity index (χ1v) is 8.75. The summed E-state index contributed by atoms with van der Waals surface area (Å²) in [5, 5.41) is 0.465. The number of rotatable bonds is 4. The van der Waals surface area contributed by atoms with Crippen LogP contribution in [0.1, 0.15) is 18.0 Å². The van der Waals surface area contributed by atoms with Gasteiger partial charge in [-0.2, -0.15) is 0 Å². The summed E-state index contributed by atoms with van der Waals surface area (Å²) in [4.78, 5) is 12.4. The second kappa shape index (κ2) is 6.83. The van der Waals surface area contributed by atoms with Crippen molar-refractivity contribution in [2.45, 2.75) is 17.4 Å². The first kappa shape index (κ1) is 16.8. The van der Waals surface area contributed by atoms with Gasteiger partial charge in [-0.15, -0.1) is 0 Å². The molecule has 24 heavy (non-hydrogen) atoms. The number of halogens is 1. The molecular formula is C17H16ClNO4S. The maximum atomic E-state index is 13.1. The summed E-state index contributed by atoms with van der Waals surface area (Å²) >= 11 is 6.17. The van der Waals surface area contributed by atoms with Crippen LogP contribution in [0, 0.1) is 0 Å². The Bertz CT molecular complexity index is 797. The summed E-state index contributed by atoms with van der Waals surface area (Å²) < 4.78 is 25.0. The van der Waals surface area contributed by atoms with Crippen LogP contribution < -0.4 is 9.04 Å². The van der Waals surface area contributed by atoms with Crippen LogP contribution >= 0.6 is 11.6 Å². The molecule has 0 aliphatic carbocycles. The highest BCUT2D eigenvalue weighted by Crippen LogP contribution is 2.47. The molecule has 1 aliphatic heterocycles. The van der Waals surface area contributed by atoms with Gasteiger partial charge in [0, 0.05) is 11.1 Å². The highest BCUT2D eigenvalue weighted by molar-refractivity contribution is 7.87. The average molecular weight is 366 g/mol. The van der Waals surface area contributed by atoms with Gasteiger partial charge in [0.25, 0.3) is 0 Å². The van der Waals surface area contributed by atoms with E-state index in [1.807, 2.05) is 30.3 Å². The van der Waals surface area contributed by atoms with Crippen LogP contribution in [0.5, 0.6) is 5.75 Å². The third-order valence-corrected chi connectivity index (χ3v) is 5.69. The molecule has 2 atom stereocenters. The standard InChI is InChI=1S/C17H16ClNO4S/c1-22-15-9-11(18)8-13-14(10-16(20)23-2)19(24(21)17(13)15)12-6-4-3-5-7-12/h3-9,14H,10H2,1-2H3. The zero-order chi connectivity index (χ0) is 17.3. The van der Waals surface area contributed by atoms with Crippen molar-refractivity contribution in [3.05, 3.63) is 53.1 Å². The molecule has 0 saturated carbocycles. The fourth-order valence-electron chi connectivity index (χ4n) is 2.80. The lowest BCUT2D eigenvalue weighted by atomic mass is 10.0. The third-order valence-electron chi connectivity index (χ3n) is 3.86. The lowest BCUT2D eigenvalue weighted by Gasteiger charge is -2.24. The number of carbonyl (C=O) groups is 1. The molecule has 5 nitrogen and oxygen atoms in total. The van der Waals surface area contributed by atoms with Crippen LogP contribution in [0.3, 0.4) is 0 Å². The van der Waals surface area contributed by atoms with E-state index >= 15 is 0 Å². The minimum Gasteiger partial charge on any atom is -0.495 e. The van der Waals surface area contributed by atoms with Crippen molar-refractivity contribution in [1.82, 2.24) is 0 Å². The summed E-state index contributed by atoms with van der Waals surface area (Å²) in [6.45, 7) is 0. The van der Waals surface area contributed by atoms with Gasteiger partial charge in [0.1, 0.15) is 10.6 Å². The van der Waals surface area contributed by atoms with Crippen molar-refractivity contribution in [1.29, 1.82) is 0 Å². The molecule has 7 heteroatoms. The largest absolute Gasteiger partial charge is 0.495 e. The average Bonchev–Trinajstić information content (AvgIpc) is 2.86. The molecule has 1 aliphatic rings. The molecule has 2 unspecified atom stereocenters. The van der Waals surface area contributed by atoms with E-state index in [9.17, 15) is 9.00 Å². The van der Waals surface area contributed by atoms with E-state index in [1.165, 1.54) is 14.2 Å². The van der Waals surface area contributed by atoms with Gasteiger partial charge in [-0.25, -0.2) is 4.21 Å². The third kappa shape index (κ3) is 2.87. The number of methoxy groups -OCH3 is 2. The minimum absolute atomic E-state index is 0.0631. The number of anilines is 1. The summed E-state index contributed by atoms with van der Waals surface area (Å²) in [7, 11) is 1.32. The summed E-state index contributed by atoms with van der Waals surface area (Å²) in [6.07, 6.45) is 0.0631. The van der Waals surface area contributed by atoms with Crippen molar-refractivity contribution in [3.63, 3.8) is 0 Å². The normalized spacial score (nSPS) is 19.0. The van der Waals surface area contributed by atoms with Gasteiger partial charge in [-0.1, -0.05) is 29.8 Å². The van der Waals surface area contributed by atoms with Crippen LogP contribution in [0.15, 0.2) is 47.4 Å². The van der Waals surface area contributed by atoms with Gasteiger partial charge in [0.2, 0.25) is 0 Å². The maximum Gasteiger partial charge on any atom is 0.307 e. The van der Waals surface area contributed by atoms with Crippen molar-refractivity contribution in [2.24, 2.45) is 0 Å². The van der Waals surface area contributed by atoms with Crippen molar-refractivity contribution >= 4 is 34.2 Å². The Morgan fingerprint density at radius 2 is 1.96 bits per heavy atom. The number of hydrogen-bond acceptors (Lipinski definition) is 4. The molecule has 1 heterocycles. The van der Waals surface area contributed by atoms with E-state index < -0.39 is 17.0 Å². The van der Waals surface area contributed by atoms with E-state index in [1.54, 1.807) is 16.4 Å². The van der Waals surface area contributed by atoms with Gasteiger partial charge < -0.3 is 9.47 Å². The Kier molecular flexibility index (Phi) is 4.78. The van der Waals surface area contributed by atoms with Gasteiger partial charge in [0.15, 0.2) is 11.0 Å². The molecule has 3 rings (SSSR count). The number of fused-ring (bicyclic) bond motifs is 1. The van der Waals surface area contributed by atoms with E-state index in [0.29, 0.717) is 21.2 Å². The predicted octanol–water partition coefficient (Wildman–Crippen LogP) is 3.50. The molecule has 0 saturated heterocycles. The van der Waals surface area contributed by atoms with E-state index in [-0.39, 0.29) is 12.4 Å². The molecule has 0 bridgehead atoms. The van der Waals surface area contributed by atoms with E-state index in [0.717, 1.165) is 5.69 Å². The number of nitrogens with zero attached hydrogens (tertiary/aromatic N) is 1. The second-order valence-electron chi connectivity index (χ2n) is 5.23. The van der Waals surface area contributed by atoms with E-state index in [4.69, 9.17) is 21.1 Å². The molecule has 2 aromatic carbocycles. The zero-order valence-electron chi connectivity index (χ0n) is 13.2. The SMILES string of the molecule is COC(=O)CC1c2cc(Cl)cc(OC)c2S(=O)N1c1ccccc1. The summed E-state index contributed by atoms with van der Waals surface area (Å²) in [5.41, 5.74) is 1.46. The fraction of sp³-hybridized carbons (Fsp3) is 0.235. The Hall–Kier alpha value is -2.05. The number of para-hydroxylation sites is 1. The lowest BCUT2D eigenvalue weighted by Crippen LogP contribution is -2.26. The number of esters is 1.